The van der Waals surface area contributed by atoms with Crippen LogP contribution in [0.5, 0.6) is 5.88 Å². The van der Waals surface area contributed by atoms with Gasteiger partial charge in [0.05, 0.1) is 30.2 Å². The lowest BCUT2D eigenvalue weighted by Crippen LogP contribution is -2.23. The summed E-state index contributed by atoms with van der Waals surface area (Å²) in [6.45, 7) is 5.44. The summed E-state index contributed by atoms with van der Waals surface area (Å²) in [6.07, 6.45) is 5.94. The molecular formula is C24H28N2O3. The van der Waals surface area contributed by atoms with E-state index in [0.717, 1.165) is 29.3 Å². The van der Waals surface area contributed by atoms with E-state index in [1.807, 2.05) is 31.2 Å². The molecule has 1 fully saturated rings. The van der Waals surface area contributed by atoms with E-state index < -0.39 is 5.79 Å². The first-order chi connectivity index (χ1) is 14.2. The summed E-state index contributed by atoms with van der Waals surface area (Å²) in [5.74, 6) is -0.0153. The molecule has 1 aromatic heterocycles. The molecule has 0 bridgehead atoms. The third kappa shape index (κ3) is 4.57. The molecule has 2 atom stereocenters. The Kier molecular flexibility index (Phi) is 6.07. The van der Waals surface area contributed by atoms with Crippen molar-refractivity contribution in [1.82, 2.24) is 9.97 Å². The molecule has 29 heavy (non-hydrogen) atoms. The predicted molar refractivity (Wildman–Crippen MR) is 113 cm³/mol. The van der Waals surface area contributed by atoms with E-state index in [9.17, 15) is 0 Å². The van der Waals surface area contributed by atoms with E-state index in [1.165, 1.54) is 18.4 Å². The number of fused-ring (bicyclic) bond motifs is 1. The number of hydrogen-bond acceptors (Lipinski definition) is 5. The maximum Gasteiger partial charge on any atom is 0.224 e. The third-order valence-electron chi connectivity index (χ3n) is 5.43. The van der Waals surface area contributed by atoms with E-state index in [1.54, 1.807) is 6.33 Å². The van der Waals surface area contributed by atoms with Crippen LogP contribution >= 0.6 is 0 Å². The molecule has 5 nitrogen and oxygen atoms in total. The maximum absolute atomic E-state index is 6.20. The van der Waals surface area contributed by atoms with Gasteiger partial charge in [-0.15, -0.1) is 0 Å². The molecular weight excluding hydrogens is 364 g/mol. The Morgan fingerprint density at radius 1 is 1.10 bits per heavy atom. The van der Waals surface area contributed by atoms with Gasteiger partial charge in [-0.1, -0.05) is 56.2 Å². The van der Waals surface area contributed by atoms with E-state index >= 15 is 0 Å². The molecule has 0 saturated carbocycles. The predicted octanol–water partition coefficient (Wildman–Crippen LogP) is 5.03. The Bertz CT molecular complexity index is 939. The minimum absolute atomic E-state index is 0.190. The lowest BCUT2D eigenvalue weighted by Gasteiger charge is -2.24. The largest absolute Gasteiger partial charge is 0.477 e. The van der Waals surface area contributed by atoms with E-state index in [4.69, 9.17) is 14.2 Å². The van der Waals surface area contributed by atoms with Crippen molar-refractivity contribution in [3.8, 4) is 5.88 Å². The van der Waals surface area contributed by atoms with Gasteiger partial charge in [0.2, 0.25) is 5.88 Å². The summed E-state index contributed by atoms with van der Waals surface area (Å²) in [4.78, 5) is 8.54. The van der Waals surface area contributed by atoms with Crippen molar-refractivity contribution in [2.45, 2.75) is 51.4 Å². The van der Waals surface area contributed by atoms with Crippen LogP contribution < -0.4 is 4.74 Å². The number of hydrogen-bond donors (Lipinski definition) is 0. The van der Waals surface area contributed by atoms with Crippen LogP contribution in [0.2, 0.25) is 0 Å². The smallest absolute Gasteiger partial charge is 0.224 e. The zero-order valence-corrected chi connectivity index (χ0v) is 17.1. The SMILES string of the molecule is CCCCC1COC(C)(c2ccc(CCOc3ncnc4ccccc34)cc2)O1. The van der Waals surface area contributed by atoms with Crippen molar-refractivity contribution >= 4 is 10.9 Å². The van der Waals surface area contributed by atoms with Crippen molar-refractivity contribution in [3.05, 3.63) is 66.0 Å². The molecule has 2 aromatic carbocycles. The molecule has 0 radical (unpaired) electrons. The van der Waals surface area contributed by atoms with E-state index in [2.05, 4.69) is 41.2 Å². The molecule has 152 valence electrons. The van der Waals surface area contributed by atoms with Crippen LogP contribution in [0.4, 0.5) is 0 Å². The molecule has 1 aliphatic heterocycles. The number of ether oxygens (including phenoxy) is 3. The summed E-state index contributed by atoms with van der Waals surface area (Å²) < 4.78 is 18.1. The molecule has 1 saturated heterocycles. The number of unbranched alkanes of at least 4 members (excludes halogenated alkanes) is 1. The number of nitrogens with zero attached hydrogens (tertiary/aromatic N) is 2. The molecule has 2 heterocycles. The fourth-order valence-corrected chi connectivity index (χ4v) is 3.70. The summed E-state index contributed by atoms with van der Waals surface area (Å²) >= 11 is 0. The monoisotopic (exact) mass is 392 g/mol. The lowest BCUT2D eigenvalue weighted by atomic mass is 10.0. The average Bonchev–Trinajstić information content (AvgIpc) is 3.15. The summed E-state index contributed by atoms with van der Waals surface area (Å²) in [5, 5.41) is 0.937. The zero-order valence-electron chi connectivity index (χ0n) is 17.1. The molecule has 3 aromatic rings. The highest BCUT2D eigenvalue weighted by molar-refractivity contribution is 5.82. The van der Waals surface area contributed by atoms with Gasteiger partial charge in [-0.25, -0.2) is 9.97 Å². The van der Waals surface area contributed by atoms with E-state index in [0.29, 0.717) is 19.1 Å². The van der Waals surface area contributed by atoms with Crippen LogP contribution in [0.1, 0.15) is 44.2 Å². The summed E-state index contributed by atoms with van der Waals surface area (Å²) in [5.41, 5.74) is 3.16. The molecule has 0 amide bonds. The number of para-hydroxylation sites is 1. The Balaban J connectivity index is 1.34. The van der Waals surface area contributed by atoms with Gasteiger partial charge in [0.15, 0.2) is 5.79 Å². The number of benzene rings is 2. The van der Waals surface area contributed by atoms with Gasteiger partial charge < -0.3 is 14.2 Å². The molecule has 0 spiro atoms. The standard InChI is InChI=1S/C24H28N2O3/c1-3-4-7-20-16-28-24(2,29-20)19-12-10-18(11-13-19)14-15-27-23-21-8-5-6-9-22(21)25-17-26-23/h5-6,8-13,17,20H,3-4,7,14-16H2,1-2H3. The van der Waals surface area contributed by atoms with Gasteiger partial charge in [-0.3, -0.25) is 0 Å². The Hall–Kier alpha value is -2.50. The van der Waals surface area contributed by atoms with Crippen molar-refractivity contribution in [1.29, 1.82) is 0 Å². The number of aromatic nitrogens is 2. The maximum atomic E-state index is 6.20. The minimum Gasteiger partial charge on any atom is -0.477 e. The molecule has 5 heteroatoms. The molecule has 0 aliphatic carbocycles. The van der Waals surface area contributed by atoms with Crippen molar-refractivity contribution in [3.63, 3.8) is 0 Å². The summed E-state index contributed by atoms with van der Waals surface area (Å²) in [7, 11) is 0. The average molecular weight is 392 g/mol. The molecule has 1 aliphatic rings. The zero-order chi connectivity index (χ0) is 20.1. The van der Waals surface area contributed by atoms with Gasteiger partial charge in [0, 0.05) is 12.0 Å². The second-order valence-electron chi connectivity index (χ2n) is 7.63. The van der Waals surface area contributed by atoms with Gasteiger partial charge in [0.1, 0.15) is 6.33 Å². The van der Waals surface area contributed by atoms with Crippen LogP contribution in [0.25, 0.3) is 10.9 Å². The van der Waals surface area contributed by atoms with Crippen molar-refractivity contribution < 1.29 is 14.2 Å². The second-order valence-corrected chi connectivity index (χ2v) is 7.63. The Labute approximate surface area is 172 Å². The first-order valence-corrected chi connectivity index (χ1v) is 10.4. The van der Waals surface area contributed by atoms with Gasteiger partial charge >= 0.3 is 0 Å². The Morgan fingerprint density at radius 2 is 1.93 bits per heavy atom. The van der Waals surface area contributed by atoms with Gasteiger partial charge in [-0.05, 0) is 31.0 Å². The molecule has 4 rings (SSSR count). The number of rotatable bonds is 8. The second kappa shape index (κ2) is 8.89. The van der Waals surface area contributed by atoms with Crippen LogP contribution in [-0.2, 0) is 21.7 Å². The Morgan fingerprint density at radius 3 is 2.76 bits per heavy atom. The van der Waals surface area contributed by atoms with Crippen LogP contribution in [0, 0.1) is 0 Å². The molecule has 2 unspecified atom stereocenters. The quantitative estimate of drug-likeness (QED) is 0.538. The van der Waals surface area contributed by atoms with E-state index in [-0.39, 0.29) is 6.10 Å². The minimum atomic E-state index is -0.646. The summed E-state index contributed by atoms with van der Waals surface area (Å²) in [6, 6.07) is 16.3. The highest BCUT2D eigenvalue weighted by Gasteiger charge is 2.38. The lowest BCUT2D eigenvalue weighted by molar-refractivity contribution is -0.162. The first-order valence-electron chi connectivity index (χ1n) is 10.4. The van der Waals surface area contributed by atoms with Crippen LogP contribution in [0.3, 0.4) is 0 Å². The van der Waals surface area contributed by atoms with Gasteiger partial charge in [-0.2, -0.15) is 0 Å². The fourth-order valence-electron chi connectivity index (χ4n) is 3.70. The normalized spacial score (nSPS) is 21.5. The topological polar surface area (TPSA) is 53.5 Å². The van der Waals surface area contributed by atoms with Crippen LogP contribution in [0.15, 0.2) is 54.9 Å². The fraction of sp³-hybridized carbons (Fsp3) is 0.417. The van der Waals surface area contributed by atoms with Crippen molar-refractivity contribution in [2.75, 3.05) is 13.2 Å². The third-order valence-corrected chi connectivity index (χ3v) is 5.43. The highest BCUT2D eigenvalue weighted by Crippen LogP contribution is 2.35. The van der Waals surface area contributed by atoms with Crippen LogP contribution in [-0.4, -0.2) is 29.3 Å². The first kappa shape index (κ1) is 19.8. The highest BCUT2D eigenvalue weighted by atomic mass is 16.7. The van der Waals surface area contributed by atoms with Crippen molar-refractivity contribution in [2.24, 2.45) is 0 Å². The van der Waals surface area contributed by atoms with Gasteiger partial charge in [0.25, 0.3) is 0 Å². The molecule has 0 N–H and O–H groups in total.